The van der Waals surface area contributed by atoms with Crippen LogP contribution in [0.2, 0.25) is 0 Å². The van der Waals surface area contributed by atoms with Gasteiger partial charge in [0.1, 0.15) is 13.2 Å². The molecule has 0 fully saturated rings. The number of carbonyl (C=O) groups excluding carboxylic acids is 1. The van der Waals surface area contributed by atoms with Gasteiger partial charge in [-0.05, 0) is 70.6 Å². The van der Waals surface area contributed by atoms with Gasteiger partial charge >= 0.3 is 0 Å². The Kier molecular flexibility index (Phi) is 57.5. The smallest absolute Gasteiger partial charge is 0.268 e. The number of hydrogen-bond donors (Lipinski definition) is 2. The molecule has 0 radical (unpaired) electrons. The van der Waals surface area contributed by atoms with Crippen molar-refractivity contribution in [3.05, 3.63) is 85.1 Å². The quantitative estimate of drug-likeness (QED) is 0.0272. The summed E-state index contributed by atoms with van der Waals surface area (Å²) in [6.07, 6.45) is 83.6. The second-order valence-corrected chi connectivity index (χ2v) is 24.9. The van der Waals surface area contributed by atoms with Crippen molar-refractivity contribution in [2.75, 3.05) is 40.9 Å². The van der Waals surface area contributed by atoms with Gasteiger partial charge in [-0.2, -0.15) is 0 Å². The van der Waals surface area contributed by atoms with E-state index in [0.29, 0.717) is 23.9 Å². The fourth-order valence-corrected chi connectivity index (χ4v) is 10.3. The molecule has 0 aromatic rings. The van der Waals surface area contributed by atoms with E-state index in [1.54, 1.807) is 0 Å². The molecule has 3 atom stereocenters. The summed E-state index contributed by atoms with van der Waals surface area (Å²) in [5.74, 6) is -0.162. The van der Waals surface area contributed by atoms with E-state index in [4.69, 9.17) is 9.05 Å². The van der Waals surface area contributed by atoms with Gasteiger partial charge in [-0.3, -0.25) is 9.36 Å². The molecule has 0 spiro atoms. The molecule has 0 bridgehead atoms. The number of aliphatic hydroxyl groups excluding tert-OH is 1. The summed E-state index contributed by atoms with van der Waals surface area (Å²) in [5.41, 5.74) is 0. The molecule has 9 heteroatoms. The molecule has 0 aromatic carbocycles. The van der Waals surface area contributed by atoms with Crippen LogP contribution < -0.4 is 10.2 Å². The van der Waals surface area contributed by atoms with Crippen LogP contribution in [0, 0.1) is 0 Å². The first-order valence-corrected chi connectivity index (χ1v) is 34.4. The number of nitrogens with zero attached hydrogens (tertiary/aromatic N) is 1. The fourth-order valence-electron chi connectivity index (χ4n) is 9.55. The first-order chi connectivity index (χ1) is 38.0. The molecule has 0 heterocycles. The Hall–Kier alpha value is -2.32. The zero-order chi connectivity index (χ0) is 57.0. The van der Waals surface area contributed by atoms with Crippen molar-refractivity contribution in [1.29, 1.82) is 0 Å². The Morgan fingerprint density at radius 1 is 0.462 bits per heavy atom. The third-order valence-electron chi connectivity index (χ3n) is 14.6. The summed E-state index contributed by atoms with van der Waals surface area (Å²) in [6.45, 7) is 4.63. The van der Waals surface area contributed by atoms with E-state index < -0.39 is 20.0 Å². The first kappa shape index (κ1) is 75.7. The van der Waals surface area contributed by atoms with Crippen LogP contribution in [0.15, 0.2) is 85.1 Å². The number of quaternary nitrogens is 1. The Morgan fingerprint density at radius 2 is 0.782 bits per heavy atom. The van der Waals surface area contributed by atoms with Crippen molar-refractivity contribution >= 4 is 13.7 Å². The second-order valence-electron chi connectivity index (χ2n) is 23.4. The van der Waals surface area contributed by atoms with E-state index in [0.717, 1.165) is 83.5 Å². The number of hydrogen-bond acceptors (Lipinski definition) is 6. The Labute approximate surface area is 484 Å². The molecular weight excluding hydrogens is 984 g/mol. The van der Waals surface area contributed by atoms with E-state index in [2.05, 4.69) is 104 Å². The summed E-state index contributed by atoms with van der Waals surface area (Å²) in [5, 5.41) is 14.0. The molecule has 8 nitrogen and oxygen atoms in total. The molecule has 0 aliphatic rings. The van der Waals surface area contributed by atoms with Gasteiger partial charge in [0.15, 0.2) is 0 Å². The van der Waals surface area contributed by atoms with E-state index in [9.17, 15) is 19.4 Å². The average molecular weight is 1110 g/mol. The number of amides is 1. The number of unbranched alkanes of at least 4 members (excludes halogenated alkanes) is 33. The third kappa shape index (κ3) is 61.3. The minimum absolute atomic E-state index is 0.0118. The summed E-state index contributed by atoms with van der Waals surface area (Å²) < 4.78 is 23.4. The lowest BCUT2D eigenvalue weighted by Gasteiger charge is -2.30. The molecule has 1 amide bonds. The Bertz CT molecular complexity index is 1550. The zero-order valence-corrected chi connectivity index (χ0v) is 52.7. The van der Waals surface area contributed by atoms with Gasteiger partial charge in [-0.15, -0.1) is 0 Å². The van der Waals surface area contributed by atoms with Crippen molar-refractivity contribution in [3.63, 3.8) is 0 Å². The SMILES string of the molecule is CC/C=C\C/C=C\C/C=C\C/C=C\C/C=C\C/C=C\C/C=C\CCCCCCCCCCCCCCCCCCCCCC(=O)NC(COP(=O)([O-])OCC[N+](C)(C)C)C(O)CCCCCCCCCCCCCCCCC. The molecule has 0 saturated carbocycles. The molecule has 0 aliphatic heterocycles. The Balaban J connectivity index is 3.92. The van der Waals surface area contributed by atoms with E-state index in [1.165, 1.54) is 186 Å². The standard InChI is InChI=1S/C69H127N2O6P/c1-6-8-10-12-14-16-18-20-22-23-24-25-26-27-28-29-30-31-32-33-34-35-36-37-38-39-40-41-42-43-44-45-46-47-49-51-53-55-57-59-61-63-69(73)70-67(66-77-78(74,75)76-65-64-71(3,4)5)68(72)62-60-58-56-54-52-50-48-21-19-17-15-13-11-9-7-2/h8,10,14,16,20,22,24-25,27-28,30-31,33-34,67-68,72H,6-7,9,11-13,15,17-19,21,23,26,29,32,35-66H2,1-5H3,(H-,70,73,74,75)/b10-8-,16-14-,22-20-,25-24-,28-27-,31-30-,34-33-. The van der Waals surface area contributed by atoms with E-state index in [-0.39, 0.29) is 19.1 Å². The molecule has 78 heavy (non-hydrogen) atoms. The van der Waals surface area contributed by atoms with Gasteiger partial charge in [0.2, 0.25) is 5.91 Å². The maximum Gasteiger partial charge on any atom is 0.268 e. The summed E-state index contributed by atoms with van der Waals surface area (Å²) in [4.78, 5) is 25.6. The predicted molar refractivity (Wildman–Crippen MR) is 339 cm³/mol. The lowest BCUT2D eigenvalue weighted by atomic mass is 10.0. The van der Waals surface area contributed by atoms with Crippen molar-refractivity contribution in [1.82, 2.24) is 5.32 Å². The average Bonchev–Trinajstić information content (AvgIpc) is 3.41. The van der Waals surface area contributed by atoms with Crippen molar-refractivity contribution in [3.8, 4) is 0 Å². The van der Waals surface area contributed by atoms with Crippen LogP contribution in [0.4, 0.5) is 0 Å². The molecular formula is C69H127N2O6P. The minimum Gasteiger partial charge on any atom is -0.756 e. The summed E-state index contributed by atoms with van der Waals surface area (Å²) >= 11 is 0. The highest BCUT2D eigenvalue weighted by Gasteiger charge is 2.24. The van der Waals surface area contributed by atoms with Gasteiger partial charge in [-0.1, -0.05) is 304 Å². The van der Waals surface area contributed by atoms with Gasteiger partial charge in [0, 0.05) is 6.42 Å². The second kappa shape index (κ2) is 59.3. The summed E-state index contributed by atoms with van der Waals surface area (Å²) in [7, 11) is 1.31. The fraction of sp³-hybridized carbons (Fsp3) is 0.783. The van der Waals surface area contributed by atoms with Crippen molar-refractivity contribution < 1.29 is 32.9 Å². The largest absolute Gasteiger partial charge is 0.756 e. The van der Waals surface area contributed by atoms with Crippen LogP contribution in [0.3, 0.4) is 0 Å². The maximum absolute atomic E-state index is 13.0. The highest BCUT2D eigenvalue weighted by atomic mass is 31.2. The molecule has 0 rings (SSSR count). The van der Waals surface area contributed by atoms with Gasteiger partial charge in [0.25, 0.3) is 7.82 Å². The topological polar surface area (TPSA) is 108 Å². The molecule has 2 N–H and O–H groups in total. The number of phosphoric ester groups is 1. The highest BCUT2D eigenvalue weighted by molar-refractivity contribution is 7.45. The molecule has 0 aromatic heterocycles. The molecule has 0 saturated heterocycles. The lowest BCUT2D eigenvalue weighted by molar-refractivity contribution is -0.870. The number of rotatable bonds is 60. The highest BCUT2D eigenvalue weighted by Crippen LogP contribution is 2.38. The Morgan fingerprint density at radius 3 is 1.14 bits per heavy atom. The monoisotopic (exact) mass is 1110 g/mol. The van der Waals surface area contributed by atoms with Crippen molar-refractivity contribution in [2.45, 2.75) is 309 Å². The van der Waals surface area contributed by atoms with Gasteiger partial charge in [0.05, 0.1) is 39.9 Å². The van der Waals surface area contributed by atoms with Crippen LogP contribution in [0.1, 0.15) is 296 Å². The number of likely N-dealkylation sites (N-methyl/N-ethyl adjacent to an activating group) is 1. The number of nitrogens with one attached hydrogen (secondary N) is 1. The van der Waals surface area contributed by atoms with Crippen LogP contribution >= 0.6 is 7.82 Å². The predicted octanol–water partition coefficient (Wildman–Crippen LogP) is 20.1. The van der Waals surface area contributed by atoms with E-state index >= 15 is 0 Å². The normalized spacial score (nSPS) is 14.3. The van der Waals surface area contributed by atoms with Gasteiger partial charge in [-0.25, -0.2) is 0 Å². The molecule has 0 aliphatic carbocycles. The van der Waals surface area contributed by atoms with Crippen LogP contribution in [-0.2, 0) is 18.4 Å². The molecule has 3 unspecified atom stereocenters. The third-order valence-corrected chi connectivity index (χ3v) is 15.6. The van der Waals surface area contributed by atoms with Crippen LogP contribution in [0.25, 0.3) is 0 Å². The number of carbonyl (C=O) groups is 1. The maximum atomic E-state index is 13.0. The molecule has 454 valence electrons. The van der Waals surface area contributed by atoms with Crippen molar-refractivity contribution in [2.24, 2.45) is 0 Å². The number of phosphoric acid groups is 1. The first-order valence-electron chi connectivity index (χ1n) is 32.9. The lowest BCUT2D eigenvalue weighted by Crippen LogP contribution is -2.46. The number of allylic oxidation sites excluding steroid dienone is 14. The number of aliphatic hydroxyl groups is 1. The zero-order valence-electron chi connectivity index (χ0n) is 51.9. The summed E-state index contributed by atoms with van der Waals surface area (Å²) in [6, 6.07) is -0.802. The minimum atomic E-state index is -4.57. The van der Waals surface area contributed by atoms with Gasteiger partial charge < -0.3 is 28.8 Å². The van der Waals surface area contributed by atoms with Crippen LogP contribution in [0.5, 0.6) is 0 Å². The van der Waals surface area contributed by atoms with E-state index in [1.807, 2.05) is 21.1 Å². The van der Waals surface area contributed by atoms with Crippen LogP contribution in [-0.4, -0.2) is 68.5 Å².